The van der Waals surface area contributed by atoms with Gasteiger partial charge in [-0.2, -0.15) is 0 Å². The number of unbranched alkanes of at least 4 members (excludes halogenated alkanes) is 39. The van der Waals surface area contributed by atoms with Gasteiger partial charge < -0.3 is 33.8 Å². The highest BCUT2D eigenvalue weighted by Crippen LogP contribution is 2.45. The van der Waals surface area contributed by atoms with Crippen LogP contribution in [0.5, 0.6) is 0 Å². The number of allylic oxidation sites excluding steroid dienone is 4. The highest BCUT2D eigenvalue weighted by molar-refractivity contribution is 7.47. The van der Waals surface area contributed by atoms with Gasteiger partial charge in [-0.05, 0) is 69.1 Å². The van der Waals surface area contributed by atoms with Crippen LogP contribution >= 0.6 is 15.6 Å². The van der Waals surface area contributed by atoms with Crippen LogP contribution in [-0.4, -0.2) is 96.7 Å². The Labute approximate surface area is 605 Å². The smallest absolute Gasteiger partial charge is 0.462 e. The SMILES string of the molecule is CCCCCC/C=C\C=C/CCCCCCCC(=O)O[C@H](COC(=O)CCCCCCCCCC(C)C)COP(=O)(O)OCC(O)COP(=O)(O)OC[C@@H](COC(=O)CCCCCCCCCCCCCCCCCCCCC(C)CC)OC(=O)CCCCCCCCCCC(C)CC. The lowest BCUT2D eigenvalue weighted by Crippen LogP contribution is -2.30. The monoisotopic (exact) mass is 1450 g/mol. The Bertz CT molecular complexity index is 2020. The van der Waals surface area contributed by atoms with Gasteiger partial charge in [0.2, 0.25) is 0 Å². The molecule has 0 amide bonds. The summed E-state index contributed by atoms with van der Waals surface area (Å²) in [5, 5.41) is 10.6. The van der Waals surface area contributed by atoms with Crippen molar-refractivity contribution in [1.29, 1.82) is 0 Å². The number of carbonyl (C=O) groups is 4. The second-order valence-electron chi connectivity index (χ2n) is 29.1. The van der Waals surface area contributed by atoms with Gasteiger partial charge in [0.1, 0.15) is 19.3 Å². The molecule has 0 rings (SSSR count). The van der Waals surface area contributed by atoms with Gasteiger partial charge in [-0.3, -0.25) is 37.3 Å². The zero-order chi connectivity index (χ0) is 73.0. The van der Waals surface area contributed by atoms with Gasteiger partial charge in [0.05, 0.1) is 26.4 Å². The van der Waals surface area contributed by atoms with Crippen LogP contribution in [0.3, 0.4) is 0 Å². The first-order valence-electron chi connectivity index (χ1n) is 40.7. The number of hydrogen-bond acceptors (Lipinski definition) is 15. The normalized spacial score (nSPS) is 14.7. The number of hydrogen-bond donors (Lipinski definition) is 3. The third-order valence-electron chi connectivity index (χ3n) is 18.7. The molecule has 0 aromatic rings. The Morgan fingerprint density at radius 1 is 0.333 bits per heavy atom. The van der Waals surface area contributed by atoms with Crippen LogP contribution in [0.2, 0.25) is 0 Å². The molecule has 19 heteroatoms. The lowest BCUT2D eigenvalue weighted by Gasteiger charge is -2.21. The average molecular weight is 1450 g/mol. The van der Waals surface area contributed by atoms with E-state index in [4.69, 9.17) is 37.0 Å². The molecule has 99 heavy (non-hydrogen) atoms. The standard InChI is InChI=1S/C80H152O17P2/c1-8-11-12-13-14-15-16-17-22-27-30-33-41-49-56-63-79(84)96-76(68-91-78(83)62-55-48-43-36-37-44-51-58-71(4)5)70-95-99(88,89)93-66-74(81)65-92-98(86,87)94-69-75(97-80(85)64-57-50-42-35-34-39-46-53-60-73(7)10-3)67-90-77(82)61-54-47-40-32-29-26-24-21-19-18-20-23-25-28-31-38-45-52-59-72(6)9-2/h15-17,22,71-76,81H,8-14,18-21,23-70H2,1-7H3,(H,86,87)(H,88,89)/b16-15-,22-17-/t72?,73?,74?,75-,76-/m1/s1. The summed E-state index contributed by atoms with van der Waals surface area (Å²) in [5.41, 5.74) is 0. The van der Waals surface area contributed by atoms with Crippen LogP contribution in [0, 0.1) is 17.8 Å². The number of carbonyl (C=O) groups excluding carboxylic acids is 4. The van der Waals surface area contributed by atoms with E-state index in [1.54, 1.807) is 0 Å². The van der Waals surface area contributed by atoms with Gasteiger partial charge in [0.15, 0.2) is 12.2 Å². The molecule has 0 bridgehead atoms. The fourth-order valence-corrected chi connectivity index (χ4v) is 13.3. The minimum atomic E-state index is -4.97. The molecule has 7 atom stereocenters. The van der Waals surface area contributed by atoms with Gasteiger partial charge in [-0.15, -0.1) is 0 Å². The summed E-state index contributed by atoms with van der Waals surface area (Å²) in [4.78, 5) is 72.9. The number of phosphoric ester groups is 2. The molecule has 0 aliphatic rings. The molecule has 0 radical (unpaired) electrons. The maximum Gasteiger partial charge on any atom is 0.472 e. The summed E-state index contributed by atoms with van der Waals surface area (Å²) in [5.74, 6) is 0.195. The summed E-state index contributed by atoms with van der Waals surface area (Å²) >= 11 is 0. The molecular formula is C80H152O17P2. The molecule has 5 unspecified atom stereocenters. The van der Waals surface area contributed by atoms with Crippen LogP contribution in [0.15, 0.2) is 24.3 Å². The third-order valence-corrected chi connectivity index (χ3v) is 20.6. The predicted octanol–water partition coefficient (Wildman–Crippen LogP) is 23.3. The van der Waals surface area contributed by atoms with Gasteiger partial charge in [-0.1, -0.05) is 336 Å². The minimum Gasteiger partial charge on any atom is -0.462 e. The van der Waals surface area contributed by atoms with Crippen molar-refractivity contribution in [2.75, 3.05) is 39.6 Å². The number of aliphatic hydroxyl groups is 1. The average Bonchev–Trinajstić information content (AvgIpc) is 1.01. The quantitative estimate of drug-likeness (QED) is 0.0169. The number of ether oxygens (including phenoxy) is 4. The second kappa shape index (κ2) is 69.9. The molecule has 0 saturated carbocycles. The van der Waals surface area contributed by atoms with Crippen molar-refractivity contribution in [3.05, 3.63) is 24.3 Å². The molecule has 0 spiro atoms. The Kier molecular flexibility index (Phi) is 68.1. The lowest BCUT2D eigenvalue weighted by atomic mass is 9.99. The summed E-state index contributed by atoms with van der Waals surface area (Å²) in [6.07, 6.45) is 60.6. The summed E-state index contributed by atoms with van der Waals surface area (Å²) in [7, 11) is -9.93. The van der Waals surface area contributed by atoms with Crippen LogP contribution in [0.25, 0.3) is 0 Å². The topological polar surface area (TPSA) is 237 Å². The van der Waals surface area contributed by atoms with Gasteiger partial charge in [0.25, 0.3) is 0 Å². The van der Waals surface area contributed by atoms with Crippen molar-refractivity contribution in [3.63, 3.8) is 0 Å². The van der Waals surface area contributed by atoms with E-state index in [9.17, 15) is 43.2 Å². The second-order valence-corrected chi connectivity index (χ2v) is 32.0. The molecular weight excluding hydrogens is 1290 g/mol. The minimum absolute atomic E-state index is 0.0840. The van der Waals surface area contributed by atoms with Crippen LogP contribution < -0.4 is 0 Å². The van der Waals surface area contributed by atoms with E-state index >= 15 is 0 Å². The number of aliphatic hydroxyl groups excluding tert-OH is 1. The Morgan fingerprint density at radius 3 is 0.899 bits per heavy atom. The molecule has 3 N–H and O–H groups in total. The first kappa shape index (κ1) is 96.5. The van der Waals surface area contributed by atoms with E-state index in [-0.39, 0.29) is 25.7 Å². The van der Waals surface area contributed by atoms with E-state index in [0.717, 1.165) is 121 Å². The highest BCUT2D eigenvalue weighted by atomic mass is 31.2. The lowest BCUT2D eigenvalue weighted by molar-refractivity contribution is -0.161. The van der Waals surface area contributed by atoms with E-state index < -0.39 is 97.5 Å². The molecule has 17 nitrogen and oxygen atoms in total. The van der Waals surface area contributed by atoms with Crippen LogP contribution in [0.1, 0.15) is 389 Å². The molecule has 584 valence electrons. The molecule has 0 aromatic heterocycles. The molecule has 0 aromatic carbocycles. The summed E-state index contributed by atoms with van der Waals surface area (Å²) < 4.78 is 68.6. The molecule has 0 heterocycles. The zero-order valence-corrected chi connectivity index (χ0v) is 66.2. The maximum absolute atomic E-state index is 13.1. The predicted molar refractivity (Wildman–Crippen MR) is 404 cm³/mol. The summed E-state index contributed by atoms with van der Waals surface area (Å²) in [6.45, 7) is 11.9. The van der Waals surface area contributed by atoms with E-state index in [1.165, 1.54) is 180 Å². The summed E-state index contributed by atoms with van der Waals surface area (Å²) in [6, 6.07) is 0. The van der Waals surface area contributed by atoms with Gasteiger partial charge in [0, 0.05) is 25.7 Å². The van der Waals surface area contributed by atoms with Gasteiger partial charge in [-0.25, -0.2) is 9.13 Å². The van der Waals surface area contributed by atoms with Crippen molar-refractivity contribution in [3.8, 4) is 0 Å². The van der Waals surface area contributed by atoms with Crippen molar-refractivity contribution in [1.82, 2.24) is 0 Å². The Morgan fingerprint density at radius 2 is 0.596 bits per heavy atom. The van der Waals surface area contributed by atoms with Crippen molar-refractivity contribution in [2.24, 2.45) is 17.8 Å². The highest BCUT2D eigenvalue weighted by Gasteiger charge is 2.30. The number of rotatable bonds is 76. The first-order valence-corrected chi connectivity index (χ1v) is 43.7. The number of phosphoric acid groups is 2. The van der Waals surface area contributed by atoms with Crippen molar-refractivity contribution in [2.45, 2.75) is 407 Å². The fourth-order valence-electron chi connectivity index (χ4n) is 11.7. The first-order chi connectivity index (χ1) is 47.8. The Balaban J connectivity index is 5.20. The van der Waals surface area contributed by atoms with Crippen LogP contribution in [0.4, 0.5) is 0 Å². The molecule has 0 fully saturated rings. The van der Waals surface area contributed by atoms with Crippen molar-refractivity contribution < 1.29 is 80.2 Å². The molecule has 0 aliphatic heterocycles. The fraction of sp³-hybridized carbons (Fsp3) is 0.900. The third kappa shape index (κ3) is 71.0. The van der Waals surface area contributed by atoms with E-state index in [2.05, 4.69) is 72.8 Å². The van der Waals surface area contributed by atoms with Gasteiger partial charge >= 0.3 is 39.5 Å². The van der Waals surface area contributed by atoms with Crippen LogP contribution in [-0.2, 0) is 65.4 Å². The number of esters is 4. The van der Waals surface area contributed by atoms with E-state index in [0.29, 0.717) is 31.6 Å². The maximum atomic E-state index is 13.1. The molecule has 0 saturated heterocycles. The Hall–Kier alpha value is -2.46. The zero-order valence-electron chi connectivity index (χ0n) is 64.4. The van der Waals surface area contributed by atoms with E-state index in [1.807, 2.05) is 0 Å². The van der Waals surface area contributed by atoms with Crippen molar-refractivity contribution >= 4 is 39.5 Å². The largest absolute Gasteiger partial charge is 0.472 e. The molecule has 0 aliphatic carbocycles.